The Hall–Kier alpha value is -3.67. The third-order valence-corrected chi connectivity index (χ3v) is 3.91. The number of benzene rings is 2. The Labute approximate surface area is 164 Å². The summed E-state index contributed by atoms with van der Waals surface area (Å²) in [5.74, 6) is 1.09. The highest BCUT2D eigenvalue weighted by atomic mass is 16.5. The van der Waals surface area contributed by atoms with Crippen molar-refractivity contribution in [3.05, 3.63) is 77.6 Å². The Balaban J connectivity index is 1.64. The predicted octanol–water partition coefficient (Wildman–Crippen LogP) is 4.50. The van der Waals surface area contributed by atoms with Gasteiger partial charge in [0.15, 0.2) is 0 Å². The lowest BCUT2D eigenvalue weighted by Crippen LogP contribution is -2.08. The molecule has 0 unspecified atom stereocenters. The average molecular weight is 374 g/mol. The zero-order valence-electron chi connectivity index (χ0n) is 16.1. The second kappa shape index (κ2) is 8.81. The molecule has 1 amide bonds. The van der Waals surface area contributed by atoms with Gasteiger partial charge >= 0.3 is 0 Å². The monoisotopic (exact) mass is 374 g/mol. The van der Waals surface area contributed by atoms with Crippen LogP contribution in [0.4, 0.5) is 17.3 Å². The van der Waals surface area contributed by atoms with Crippen LogP contribution in [0.1, 0.15) is 17.0 Å². The molecule has 6 nitrogen and oxygen atoms in total. The molecular formula is C22H22N4O2. The van der Waals surface area contributed by atoms with Crippen molar-refractivity contribution in [1.29, 1.82) is 0 Å². The number of ether oxygens (including phenoxy) is 1. The van der Waals surface area contributed by atoms with Crippen molar-refractivity contribution in [2.45, 2.75) is 13.8 Å². The van der Waals surface area contributed by atoms with Gasteiger partial charge in [-0.1, -0.05) is 18.2 Å². The van der Waals surface area contributed by atoms with Gasteiger partial charge in [0.1, 0.15) is 5.75 Å². The highest BCUT2D eigenvalue weighted by Crippen LogP contribution is 2.19. The van der Waals surface area contributed by atoms with Gasteiger partial charge in [-0.15, -0.1) is 0 Å². The number of nitrogens with one attached hydrogen (secondary N) is 2. The van der Waals surface area contributed by atoms with Crippen molar-refractivity contribution < 1.29 is 9.53 Å². The second-order valence-corrected chi connectivity index (χ2v) is 6.28. The fourth-order valence-electron chi connectivity index (χ4n) is 2.66. The van der Waals surface area contributed by atoms with Gasteiger partial charge in [-0.25, -0.2) is 9.97 Å². The van der Waals surface area contributed by atoms with Crippen molar-refractivity contribution in [2.75, 3.05) is 17.7 Å². The van der Waals surface area contributed by atoms with Crippen molar-refractivity contribution in [3.63, 3.8) is 0 Å². The van der Waals surface area contributed by atoms with Gasteiger partial charge in [-0.3, -0.25) is 4.79 Å². The second-order valence-electron chi connectivity index (χ2n) is 6.28. The zero-order chi connectivity index (χ0) is 19.9. The molecule has 28 heavy (non-hydrogen) atoms. The number of rotatable bonds is 6. The van der Waals surface area contributed by atoms with E-state index in [0.717, 1.165) is 28.4 Å². The fraction of sp³-hybridized carbons (Fsp3) is 0.136. The minimum absolute atomic E-state index is 0.212. The lowest BCUT2D eigenvalue weighted by molar-refractivity contribution is -0.111. The first-order valence-electron chi connectivity index (χ1n) is 8.84. The zero-order valence-corrected chi connectivity index (χ0v) is 16.1. The maximum Gasteiger partial charge on any atom is 0.248 e. The van der Waals surface area contributed by atoms with E-state index >= 15 is 0 Å². The summed E-state index contributed by atoms with van der Waals surface area (Å²) in [5.41, 5.74) is 4.17. The highest BCUT2D eigenvalue weighted by Gasteiger charge is 2.03. The Kier molecular flexibility index (Phi) is 6.01. The van der Waals surface area contributed by atoms with Crippen LogP contribution in [0.15, 0.2) is 60.7 Å². The Morgan fingerprint density at radius 2 is 1.64 bits per heavy atom. The molecule has 0 radical (unpaired) electrons. The molecule has 0 saturated heterocycles. The van der Waals surface area contributed by atoms with Crippen LogP contribution < -0.4 is 15.4 Å². The van der Waals surface area contributed by atoms with Crippen LogP contribution >= 0.6 is 0 Å². The van der Waals surface area contributed by atoms with Gasteiger partial charge in [0.05, 0.1) is 7.11 Å². The lowest BCUT2D eigenvalue weighted by Gasteiger charge is -2.09. The fourth-order valence-corrected chi connectivity index (χ4v) is 2.66. The minimum atomic E-state index is -0.212. The summed E-state index contributed by atoms with van der Waals surface area (Å²) in [6.45, 7) is 3.84. The van der Waals surface area contributed by atoms with E-state index in [4.69, 9.17) is 4.74 Å². The number of aryl methyl sites for hydroxylation is 2. The number of methoxy groups -OCH3 is 1. The van der Waals surface area contributed by atoms with Crippen LogP contribution in [0.2, 0.25) is 0 Å². The summed E-state index contributed by atoms with van der Waals surface area (Å²) in [6.07, 6.45) is 3.25. The number of aromatic nitrogens is 2. The molecule has 3 aromatic rings. The molecule has 2 aromatic carbocycles. The van der Waals surface area contributed by atoms with E-state index in [1.807, 2.05) is 68.4 Å². The van der Waals surface area contributed by atoms with E-state index in [1.54, 1.807) is 13.2 Å². The van der Waals surface area contributed by atoms with E-state index in [9.17, 15) is 4.79 Å². The van der Waals surface area contributed by atoms with Gasteiger partial charge in [0, 0.05) is 28.8 Å². The molecule has 0 fully saturated rings. The maximum absolute atomic E-state index is 12.2. The quantitative estimate of drug-likeness (QED) is 0.622. The maximum atomic E-state index is 12.2. The summed E-state index contributed by atoms with van der Waals surface area (Å²) >= 11 is 0. The van der Waals surface area contributed by atoms with E-state index in [0.29, 0.717) is 11.6 Å². The average Bonchev–Trinajstić information content (AvgIpc) is 2.66. The molecule has 0 aliphatic carbocycles. The van der Waals surface area contributed by atoms with Gasteiger partial charge < -0.3 is 15.4 Å². The summed E-state index contributed by atoms with van der Waals surface area (Å²) in [4.78, 5) is 20.9. The number of hydrogen-bond acceptors (Lipinski definition) is 5. The van der Waals surface area contributed by atoms with E-state index in [-0.39, 0.29) is 5.91 Å². The van der Waals surface area contributed by atoms with E-state index < -0.39 is 0 Å². The first-order valence-corrected chi connectivity index (χ1v) is 8.84. The van der Waals surface area contributed by atoms with Crippen LogP contribution in [-0.4, -0.2) is 23.0 Å². The summed E-state index contributed by atoms with van der Waals surface area (Å²) in [5, 5.41) is 6.02. The largest absolute Gasteiger partial charge is 0.497 e. The highest BCUT2D eigenvalue weighted by molar-refractivity contribution is 6.02. The summed E-state index contributed by atoms with van der Waals surface area (Å²) in [7, 11) is 1.62. The molecule has 6 heteroatoms. The first kappa shape index (κ1) is 19.1. The third-order valence-electron chi connectivity index (χ3n) is 3.91. The van der Waals surface area contributed by atoms with E-state index in [1.165, 1.54) is 6.08 Å². The van der Waals surface area contributed by atoms with Gasteiger partial charge in [0.2, 0.25) is 11.9 Å². The SMILES string of the molecule is COc1ccc(/C=C/C(=O)Nc2cccc(Nc3nc(C)cc(C)n3)c2)cc1. The smallest absolute Gasteiger partial charge is 0.248 e. The molecule has 142 valence electrons. The number of amides is 1. The topological polar surface area (TPSA) is 76.1 Å². The molecule has 0 bridgehead atoms. The minimum Gasteiger partial charge on any atom is -0.497 e. The molecule has 3 rings (SSSR count). The molecule has 0 saturated carbocycles. The Bertz CT molecular complexity index is 977. The van der Waals surface area contributed by atoms with Crippen molar-refractivity contribution in [2.24, 2.45) is 0 Å². The van der Waals surface area contributed by atoms with Crippen LogP contribution in [-0.2, 0) is 4.79 Å². The standard InChI is InChI=1S/C22H22N4O2/c1-15-13-16(2)24-22(23-15)26-19-6-4-5-18(14-19)25-21(27)12-9-17-7-10-20(28-3)11-8-17/h4-14H,1-3H3,(H,25,27)(H,23,24,26)/b12-9+. The van der Waals surface area contributed by atoms with Gasteiger partial charge in [-0.2, -0.15) is 0 Å². The first-order chi connectivity index (χ1) is 13.5. The van der Waals surface area contributed by atoms with Gasteiger partial charge in [0.25, 0.3) is 0 Å². The van der Waals surface area contributed by atoms with Crippen molar-refractivity contribution in [1.82, 2.24) is 9.97 Å². The molecule has 0 aliphatic heterocycles. The molecular weight excluding hydrogens is 352 g/mol. The third kappa shape index (κ3) is 5.41. The molecule has 1 aromatic heterocycles. The molecule has 2 N–H and O–H groups in total. The summed E-state index contributed by atoms with van der Waals surface area (Å²) in [6, 6.07) is 16.8. The summed E-state index contributed by atoms with van der Waals surface area (Å²) < 4.78 is 5.12. The Morgan fingerprint density at radius 1 is 0.964 bits per heavy atom. The number of anilines is 3. The predicted molar refractivity (Wildman–Crippen MR) is 112 cm³/mol. The number of hydrogen-bond donors (Lipinski definition) is 2. The molecule has 1 heterocycles. The molecule has 0 atom stereocenters. The number of carbonyl (C=O) groups is 1. The van der Waals surface area contributed by atoms with Crippen molar-refractivity contribution in [3.8, 4) is 5.75 Å². The molecule has 0 aliphatic rings. The lowest BCUT2D eigenvalue weighted by atomic mass is 10.2. The van der Waals surface area contributed by atoms with E-state index in [2.05, 4.69) is 20.6 Å². The van der Waals surface area contributed by atoms with Crippen LogP contribution in [0, 0.1) is 13.8 Å². The van der Waals surface area contributed by atoms with Crippen molar-refractivity contribution >= 4 is 29.3 Å². The number of carbonyl (C=O) groups excluding carboxylic acids is 1. The van der Waals surface area contributed by atoms with Crippen LogP contribution in [0.25, 0.3) is 6.08 Å². The molecule has 0 spiro atoms. The van der Waals surface area contributed by atoms with Crippen LogP contribution in [0.5, 0.6) is 5.75 Å². The number of nitrogens with zero attached hydrogens (tertiary/aromatic N) is 2. The normalized spacial score (nSPS) is 10.7. The Morgan fingerprint density at radius 3 is 2.32 bits per heavy atom. The van der Waals surface area contributed by atoms with Crippen LogP contribution in [0.3, 0.4) is 0 Å². The van der Waals surface area contributed by atoms with Gasteiger partial charge in [-0.05, 0) is 61.9 Å².